The largest absolute Gasteiger partial charge is 0.504 e. The lowest BCUT2D eigenvalue weighted by molar-refractivity contribution is 0.0982. The normalized spacial score (nSPS) is 11.2. The second-order valence-electron chi connectivity index (χ2n) is 4.79. The molecule has 0 aromatic heterocycles. The van der Waals surface area contributed by atoms with Gasteiger partial charge in [0.05, 0.1) is 0 Å². The molecule has 0 fully saturated rings. The lowest BCUT2D eigenvalue weighted by atomic mass is 10.0. The van der Waals surface area contributed by atoms with Gasteiger partial charge in [0.15, 0.2) is 17.3 Å². The van der Waals surface area contributed by atoms with Gasteiger partial charge in [0.25, 0.3) is 0 Å². The van der Waals surface area contributed by atoms with Gasteiger partial charge in [0.2, 0.25) is 0 Å². The summed E-state index contributed by atoms with van der Waals surface area (Å²) in [6, 6.07) is 9.77. The Morgan fingerprint density at radius 3 is 2.43 bits per heavy atom. The minimum Gasteiger partial charge on any atom is -0.504 e. The summed E-state index contributed by atoms with van der Waals surface area (Å²) in [6.45, 7) is 0. The molecule has 8 heteroatoms. The number of ketones is 1. The fraction of sp³-hybridized carbons (Fsp3) is 0.133. The Labute approximate surface area is 132 Å². The first-order valence-corrected chi connectivity index (χ1v) is 7.92. The zero-order valence-corrected chi connectivity index (χ0v) is 12.7. The van der Waals surface area contributed by atoms with Crippen LogP contribution in [0.5, 0.6) is 17.2 Å². The summed E-state index contributed by atoms with van der Waals surface area (Å²) < 4.78 is 34.3. The monoisotopic (exact) mass is 338 g/mol. The number of rotatable bonds is 6. The first kappa shape index (κ1) is 16.8. The quantitative estimate of drug-likeness (QED) is 0.419. The van der Waals surface area contributed by atoms with E-state index in [4.69, 9.17) is 4.55 Å². The number of phenols is 2. The molecule has 0 aliphatic heterocycles. The van der Waals surface area contributed by atoms with Gasteiger partial charge in [-0.15, -0.1) is 0 Å². The van der Waals surface area contributed by atoms with Crippen molar-refractivity contribution in [2.75, 3.05) is 0 Å². The van der Waals surface area contributed by atoms with Crippen LogP contribution in [0.2, 0.25) is 0 Å². The maximum absolute atomic E-state index is 12.0. The lowest BCUT2D eigenvalue weighted by Gasteiger charge is -2.06. The first-order chi connectivity index (χ1) is 10.7. The molecule has 122 valence electrons. The van der Waals surface area contributed by atoms with Crippen LogP contribution < -0.4 is 4.18 Å². The maximum Gasteiger partial charge on any atom is 0.446 e. The fourth-order valence-electron chi connectivity index (χ4n) is 1.97. The molecular formula is C15H14O7S. The van der Waals surface area contributed by atoms with E-state index in [1.54, 1.807) is 6.07 Å². The van der Waals surface area contributed by atoms with Crippen LogP contribution in [-0.4, -0.2) is 29.0 Å². The summed E-state index contributed by atoms with van der Waals surface area (Å²) in [4.78, 5) is 12.0. The lowest BCUT2D eigenvalue weighted by Crippen LogP contribution is -2.07. The topological polar surface area (TPSA) is 121 Å². The van der Waals surface area contributed by atoms with Gasteiger partial charge < -0.3 is 14.4 Å². The van der Waals surface area contributed by atoms with E-state index < -0.39 is 10.4 Å². The number of Topliss-reactive ketones (excluding diaryl/α,β-unsaturated/α-hetero) is 1. The van der Waals surface area contributed by atoms with E-state index in [-0.39, 0.29) is 35.0 Å². The molecule has 2 aromatic carbocycles. The van der Waals surface area contributed by atoms with Crippen molar-refractivity contribution in [1.29, 1.82) is 0 Å². The standard InChI is InChI=1S/C15H14O7S/c16-13(11-5-7-14(17)15(18)9-11)6-4-10-2-1-3-12(8-10)22-23(19,20)21/h1-3,5,7-9,17-18H,4,6H2,(H,19,20,21). The Balaban J connectivity index is 2.04. The van der Waals surface area contributed by atoms with Crippen molar-refractivity contribution in [2.24, 2.45) is 0 Å². The first-order valence-electron chi connectivity index (χ1n) is 6.55. The fourth-order valence-corrected chi connectivity index (χ4v) is 2.32. The highest BCUT2D eigenvalue weighted by Crippen LogP contribution is 2.25. The molecule has 0 saturated heterocycles. The predicted molar refractivity (Wildman–Crippen MR) is 81.0 cm³/mol. The minimum atomic E-state index is -4.60. The van der Waals surface area contributed by atoms with Crippen molar-refractivity contribution in [3.63, 3.8) is 0 Å². The van der Waals surface area contributed by atoms with E-state index in [1.807, 2.05) is 0 Å². The zero-order valence-electron chi connectivity index (χ0n) is 11.8. The van der Waals surface area contributed by atoms with Crippen LogP contribution in [0, 0.1) is 0 Å². The van der Waals surface area contributed by atoms with Gasteiger partial charge >= 0.3 is 10.4 Å². The molecule has 0 amide bonds. The molecule has 0 bridgehead atoms. The number of aromatic hydroxyl groups is 2. The van der Waals surface area contributed by atoms with Crippen LogP contribution in [0.1, 0.15) is 22.3 Å². The van der Waals surface area contributed by atoms with Crippen molar-refractivity contribution in [3.05, 3.63) is 53.6 Å². The number of aryl methyl sites for hydroxylation is 1. The van der Waals surface area contributed by atoms with Crippen LogP contribution in [0.25, 0.3) is 0 Å². The Morgan fingerprint density at radius 2 is 1.78 bits per heavy atom. The molecule has 0 radical (unpaired) electrons. The molecule has 2 aromatic rings. The summed E-state index contributed by atoms with van der Waals surface area (Å²) in [5.41, 5.74) is 0.896. The number of carbonyl (C=O) groups excluding carboxylic acids is 1. The van der Waals surface area contributed by atoms with E-state index in [0.717, 1.165) is 0 Å². The van der Waals surface area contributed by atoms with Crippen LogP contribution in [0.15, 0.2) is 42.5 Å². The number of benzene rings is 2. The van der Waals surface area contributed by atoms with Gasteiger partial charge in [-0.05, 0) is 42.3 Å². The summed E-state index contributed by atoms with van der Waals surface area (Å²) >= 11 is 0. The second-order valence-corrected chi connectivity index (χ2v) is 5.81. The average molecular weight is 338 g/mol. The molecule has 3 N–H and O–H groups in total. The van der Waals surface area contributed by atoms with Crippen molar-refractivity contribution < 1.29 is 32.2 Å². The summed E-state index contributed by atoms with van der Waals surface area (Å²) in [7, 11) is -4.60. The number of hydrogen-bond donors (Lipinski definition) is 3. The molecule has 2 rings (SSSR count). The molecule has 0 unspecified atom stereocenters. The Morgan fingerprint density at radius 1 is 1.04 bits per heavy atom. The third kappa shape index (κ3) is 4.97. The van der Waals surface area contributed by atoms with E-state index in [0.29, 0.717) is 12.0 Å². The van der Waals surface area contributed by atoms with Crippen LogP contribution in [0.3, 0.4) is 0 Å². The smallest absolute Gasteiger partial charge is 0.446 e. The summed E-state index contributed by atoms with van der Waals surface area (Å²) in [5.74, 6) is -0.989. The Bertz CT molecular complexity index is 827. The van der Waals surface area contributed by atoms with Gasteiger partial charge in [-0.25, -0.2) is 0 Å². The number of phenolic OH excluding ortho intramolecular Hbond substituents is 2. The predicted octanol–water partition coefficient (Wildman–Crippen LogP) is 2.09. The molecule has 0 atom stereocenters. The van der Waals surface area contributed by atoms with Crippen LogP contribution in [0.4, 0.5) is 0 Å². The molecule has 23 heavy (non-hydrogen) atoms. The molecule has 0 aliphatic rings. The zero-order chi connectivity index (χ0) is 17.0. The highest BCUT2D eigenvalue weighted by atomic mass is 32.3. The molecule has 0 aliphatic carbocycles. The van der Waals surface area contributed by atoms with Gasteiger partial charge in [-0.3, -0.25) is 9.35 Å². The van der Waals surface area contributed by atoms with Crippen molar-refractivity contribution in [3.8, 4) is 17.2 Å². The second kappa shape index (κ2) is 6.67. The number of carbonyl (C=O) groups is 1. The van der Waals surface area contributed by atoms with E-state index in [2.05, 4.69) is 4.18 Å². The molecular weight excluding hydrogens is 324 g/mol. The summed E-state index contributed by atoms with van der Waals surface area (Å²) in [5, 5.41) is 18.6. The SMILES string of the molecule is O=C(CCc1cccc(OS(=O)(=O)O)c1)c1ccc(O)c(O)c1. The van der Waals surface area contributed by atoms with E-state index >= 15 is 0 Å². The third-order valence-corrected chi connectivity index (χ3v) is 3.44. The Hall–Kier alpha value is -2.58. The molecule has 0 saturated carbocycles. The maximum atomic E-state index is 12.0. The van der Waals surface area contributed by atoms with Crippen molar-refractivity contribution in [2.45, 2.75) is 12.8 Å². The molecule has 7 nitrogen and oxygen atoms in total. The van der Waals surface area contributed by atoms with Gasteiger partial charge in [0, 0.05) is 12.0 Å². The van der Waals surface area contributed by atoms with Crippen LogP contribution in [-0.2, 0) is 16.8 Å². The van der Waals surface area contributed by atoms with Crippen molar-refractivity contribution >= 4 is 16.2 Å². The average Bonchev–Trinajstić information content (AvgIpc) is 2.46. The third-order valence-electron chi connectivity index (χ3n) is 3.04. The van der Waals surface area contributed by atoms with Gasteiger partial charge in [0.1, 0.15) is 5.75 Å². The molecule has 0 spiro atoms. The van der Waals surface area contributed by atoms with E-state index in [9.17, 15) is 23.4 Å². The van der Waals surface area contributed by atoms with Gasteiger partial charge in [-0.1, -0.05) is 12.1 Å². The Kier molecular flexibility index (Phi) is 4.87. The number of hydrogen-bond acceptors (Lipinski definition) is 6. The highest BCUT2D eigenvalue weighted by Gasteiger charge is 2.11. The van der Waals surface area contributed by atoms with Gasteiger partial charge in [-0.2, -0.15) is 8.42 Å². The molecule has 0 heterocycles. The van der Waals surface area contributed by atoms with E-state index in [1.165, 1.54) is 36.4 Å². The van der Waals surface area contributed by atoms with Crippen molar-refractivity contribution in [1.82, 2.24) is 0 Å². The van der Waals surface area contributed by atoms with Crippen LogP contribution >= 0.6 is 0 Å². The summed E-state index contributed by atoms with van der Waals surface area (Å²) in [6.07, 6.45) is 0.419. The highest BCUT2D eigenvalue weighted by molar-refractivity contribution is 7.81. The minimum absolute atomic E-state index is 0.0558.